The van der Waals surface area contributed by atoms with Gasteiger partial charge in [0.05, 0.1) is 7.11 Å². The number of rotatable bonds is 5. The zero-order valence-electron chi connectivity index (χ0n) is 14.2. The number of thioether (sulfide) groups is 1. The first-order chi connectivity index (χ1) is 11.6. The van der Waals surface area contributed by atoms with Gasteiger partial charge >= 0.3 is 0 Å². The van der Waals surface area contributed by atoms with Gasteiger partial charge in [0, 0.05) is 44.2 Å². The van der Waals surface area contributed by atoms with Crippen LogP contribution in [0.1, 0.15) is 18.4 Å². The highest BCUT2D eigenvalue weighted by Gasteiger charge is 2.43. The van der Waals surface area contributed by atoms with E-state index < -0.39 is 5.60 Å². The Bertz CT molecular complexity index is 577. The predicted octanol–water partition coefficient (Wildman–Crippen LogP) is 1.60. The summed E-state index contributed by atoms with van der Waals surface area (Å²) in [5.74, 6) is 2.82. The van der Waals surface area contributed by atoms with E-state index in [1.807, 2.05) is 36.0 Å². The second-order valence-corrected chi connectivity index (χ2v) is 7.83. The number of hydrogen-bond acceptors (Lipinski definition) is 5. The van der Waals surface area contributed by atoms with Crippen molar-refractivity contribution >= 4 is 17.7 Å². The molecule has 5 nitrogen and oxygen atoms in total. The number of aliphatic hydroxyl groups is 1. The summed E-state index contributed by atoms with van der Waals surface area (Å²) in [6, 6.07) is 7.76. The summed E-state index contributed by atoms with van der Waals surface area (Å²) < 4.78 is 5.25. The smallest absolute Gasteiger partial charge is 0.256 e. The third-order valence-corrected chi connectivity index (χ3v) is 5.74. The number of likely N-dealkylation sites (tertiary alicyclic amines) is 1. The lowest BCUT2D eigenvalue weighted by Gasteiger charge is -2.41. The number of piperidine rings is 1. The fourth-order valence-corrected chi connectivity index (χ4v) is 4.46. The Labute approximate surface area is 148 Å². The summed E-state index contributed by atoms with van der Waals surface area (Å²) in [7, 11) is 1.64. The highest BCUT2D eigenvalue weighted by Crippen LogP contribution is 2.27. The summed E-state index contributed by atoms with van der Waals surface area (Å²) in [6.07, 6.45) is 1.40. The molecule has 132 valence electrons. The van der Waals surface area contributed by atoms with Gasteiger partial charge in [0.25, 0.3) is 5.91 Å². The fourth-order valence-electron chi connectivity index (χ4n) is 3.48. The number of amides is 1. The molecule has 3 rings (SSSR count). The van der Waals surface area contributed by atoms with Crippen molar-refractivity contribution in [3.05, 3.63) is 29.8 Å². The minimum Gasteiger partial charge on any atom is -0.497 e. The largest absolute Gasteiger partial charge is 0.497 e. The molecule has 0 aliphatic carbocycles. The predicted molar refractivity (Wildman–Crippen MR) is 96.4 cm³/mol. The minimum absolute atomic E-state index is 0.130. The van der Waals surface area contributed by atoms with Crippen LogP contribution in [0.2, 0.25) is 0 Å². The molecule has 6 heteroatoms. The van der Waals surface area contributed by atoms with Gasteiger partial charge in [-0.05, 0) is 30.5 Å². The number of benzene rings is 1. The Morgan fingerprint density at radius 1 is 1.29 bits per heavy atom. The van der Waals surface area contributed by atoms with Gasteiger partial charge in [0.1, 0.15) is 5.75 Å². The maximum absolute atomic E-state index is 12.9. The highest BCUT2D eigenvalue weighted by molar-refractivity contribution is 7.99. The van der Waals surface area contributed by atoms with Crippen LogP contribution < -0.4 is 4.74 Å². The molecule has 2 heterocycles. The van der Waals surface area contributed by atoms with Gasteiger partial charge in [-0.3, -0.25) is 9.69 Å². The Balaban J connectivity index is 1.67. The zero-order valence-corrected chi connectivity index (χ0v) is 15.1. The number of ether oxygens (including phenoxy) is 1. The first kappa shape index (κ1) is 17.6. The van der Waals surface area contributed by atoms with Crippen LogP contribution in [0.25, 0.3) is 0 Å². The lowest BCUT2D eigenvalue weighted by Crippen LogP contribution is -2.59. The third kappa shape index (κ3) is 4.05. The first-order valence-electron chi connectivity index (χ1n) is 8.55. The van der Waals surface area contributed by atoms with Gasteiger partial charge in [-0.1, -0.05) is 12.1 Å². The van der Waals surface area contributed by atoms with Crippen molar-refractivity contribution in [1.82, 2.24) is 9.80 Å². The van der Waals surface area contributed by atoms with Crippen molar-refractivity contribution in [2.45, 2.75) is 25.0 Å². The molecule has 1 unspecified atom stereocenters. The van der Waals surface area contributed by atoms with Crippen LogP contribution in [0, 0.1) is 0 Å². The number of carbonyl (C=O) groups is 1. The van der Waals surface area contributed by atoms with Gasteiger partial charge in [0.15, 0.2) is 5.60 Å². The van der Waals surface area contributed by atoms with Crippen molar-refractivity contribution in [3.8, 4) is 5.75 Å². The van der Waals surface area contributed by atoms with Gasteiger partial charge in [0.2, 0.25) is 0 Å². The monoisotopic (exact) mass is 350 g/mol. The number of methoxy groups -OCH3 is 1. The fraction of sp³-hybridized carbons (Fsp3) is 0.611. The third-order valence-electron chi connectivity index (χ3n) is 4.80. The van der Waals surface area contributed by atoms with E-state index in [2.05, 4.69) is 4.90 Å². The SMILES string of the molecule is COc1cccc(CN2CCCC(O)(CN3CCSCC3)C2=O)c1. The summed E-state index contributed by atoms with van der Waals surface area (Å²) >= 11 is 1.94. The van der Waals surface area contributed by atoms with E-state index in [4.69, 9.17) is 4.74 Å². The van der Waals surface area contributed by atoms with E-state index in [0.717, 1.165) is 42.3 Å². The average Bonchev–Trinajstić information content (AvgIpc) is 2.60. The summed E-state index contributed by atoms with van der Waals surface area (Å²) in [5.41, 5.74) is -0.208. The zero-order chi connectivity index (χ0) is 17.0. The van der Waals surface area contributed by atoms with E-state index in [9.17, 15) is 9.90 Å². The highest BCUT2D eigenvalue weighted by atomic mass is 32.2. The van der Waals surface area contributed by atoms with Crippen molar-refractivity contribution < 1.29 is 14.6 Å². The Morgan fingerprint density at radius 2 is 2.08 bits per heavy atom. The van der Waals surface area contributed by atoms with Gasteiger partial charge in [-0.15, -0.1) is 0 Å². The van der Waals surface area contributed by atoms with Gasteiger partial charge in [-0.25, -0.2) is 0 Å². The van der Waals surface area contributed by atoms with E-state index in [1.165, 1.54) is 0 Å². The van der Waals surface area contributed by atoms with E-state index in [1.54, 1.807) is 12.0 Å². The van der Waals surface area contributed by atoms with Crippen LogP contribution in [-0.4, -0.2) is 71.2 Å². The van der Waals surface area contributed by atoms with Crippen molar-refractivity contribution in [2.24, 2.45) is 0 Å². The molecule has 1 N–H and O–H groups in total. The number of β-amino-alcohol motifs (C(OH)–C–C–N with tert-alkyl or cyclic N) is 1. The molecule has 0 spiro atoms. The Hall–Kier alpha value is -1.24. The molecule has 2 fully saturated rings. The molecule has 0 radical (unpaired) electrons. The lowest BCUT2D eigenvalue weighted by molar-refractivity contribution is -0.160. The normalized spacial score (nSPS) is 25.8. The first-order valence-corrected chi connectivity index (χ1v) is 9.71. The van der Waals surface area contributed by atoms with Crippen LogP contribution in [0.4, 0.5) is 0 Å². The number of nitrogens with zero attached hydrogens (tertiary/aromatic N) is 2. The van der Waals surface area contributed by atoms with Crippen LogP contribution in [0.5, 0.6) is 5.75 Å². The Kier molecular flexibility index (Phi) is 5.69. The molecule has 1 aromatic carbocycles. The standard InChI is InChI=1S/C18H26N2O3S/c1-23-16-5-2-4-15(12-16)13-20-7-3-6-18(22,17(20)21)14-19-8-10-24-11-9-19/h2,4-5,12,22H,3,6-11,13-14H2,1H3. The van der Waals surface area contributed by atoms with Crippen LogP contribution in [-0.2, 0) is 11.3 Å². The molecule has 0 bridgehead atoms. The van der Waals surface area contributed by atoms with Crippen molar-refractivity contribution in [3.63, 3.8) is 0 Å². The van der Waals surface area contributed by atoms with Crippen LogP contribution >= 0.6 is 11.8 Å². The molecular weight excluding hydrogens is 324 g/mol. The van der Waals surface area contributed by atoms with Crippen molar-refractivity contribution in [2.75, 3.05) is 44.8 Å². The summed E-state index contributed by atoms with van der Waals surface area (Å²) in [5, 5.41) is 11.0. The van der Waals surface area contributed by atoms with Crippen molar-refractivity contribution in [1.29, 1.82) is 0 Å². The average molecular weight is 350 g/mol. The Morgan fingerprint density at radius 3 is 2.83 bits per heavy atom. The second kappa shape index (κ2) is 7.76. The van der Waals surface area contributed by atoms with Gasteiger partial charge in [-0.2, -0.15) is 11.8 Å². The van der Waals surface area contributed by atoms with Crippen LogP contribution in [0.15, 0.2) is 24.3 Å². The molecule has 0 saturated carbocycles. The molecule has 1 atom stereocenters. The van der Waals surface area contributed by atoms with Gasteiger partial charge < -0.3 is 14.7 Å². The molecular formula is C18H26N2O3S. The molecule has 1 aromatic rings. The van der Waals surface area contributed by atoms with E-state index >= 15 is 0 Å². The topological polar surface area (TPSA) is 53.0 Å². The molecule has 1 amide bonds. The molecule has 24 heavy (non-hydrogen) atoms. The maximum Gasteiger partial charge on any atom is 0.256 e. The second-order valence-electron chi connectivity index (χ2n) is 6.60. The lowest BCUT2D eigenvalue weighted by atomic mass is 9.90. The summed E-state index contributed by atoms with van der Waals surface area (Å²) in [6.45, 7) is 3.59. The number of hydrogen-bond donors (Lipinski definition) is 1. The van der Waals surface area contributed by atoms with E-state index in [-0.39, 0.29) is 5.91 Å². The minimum atomic E-state index is -1.24. The number of carbonyl (C=O) groups excluding carboxylic acids is 1. The molecule has 2 aliphatic heterocycles. The quantitative estimate of drug-likeness (QED) is 0.874. The maximum atomic E-state index is 12.9. The van der Waals surface area contributed by atoms with E-state index in [0.29, 0.717) is 26.1 Å². The molecule has 2 aliphatic rings. The van der Waals surface area contributed by atoms with Crippen LogP contribution in [0.3, 0.4) is 0 Å². The molecule has 2 saturated heterocycles. The molecule has 0 aromatic heterocycles. The summed E-state index contributed by atoms with van der Waals surface area (Å²) in [4.78, 5) is 16.9.